The van der Waals surface area contributed by atoms with E-state index in [0.29, 0.717) is 37.6 Å². The predicted octanol–water partition coefficient (Wildman–Crippen LogP) is 1.67. The Bertz CT molecular complexity index is 495. The van der Waals surface area contributed by atoms with Gasteiger partial charge in [-0.3, -0.25) is 4.79 Å². The average Bonchev–Trinajstić information content (AvgIpc) is 2.49. The van der Waals surface area contributed by atoms with Gasteiger partial charge in [-0.05, 0) is 32.9 Å². The maximum Gasteiger partial charge on any atom is 0.263 e. The minimum Gasteiger partial charge on any atom is -0.481 e. The summed E-state index contributed by atoms with van der Waals surface area (Å²) >= 11 is 0. The first kappa shape index (κ1) is 15.8. The van der Waals surface area contributed by atoms with Crippen LogP contribution in [0.4, 0.5) is 0 Å². The van der Waals surface area contributed by atoms with Crippen LogP contribution in [0.2, 0.25) is 0 Å². The van der Waals surface area contributed by atoms with Gasteiger partial charge >= 0.3 is 0 Å². The number of carbonyl (C=O) groups is 1. The molecule has 116 valence electrons. The molecule has 2 rings (SSSR count). The van der Waals surface area contributed by atoms with E-state index >= 15 is 0 Å². The van der Waals surface area contributed by atoms with E-state index in [4.69, 9.17) is 9.47 Å². The van der Waals surface area contributed by atoms with Crippen molar-refractivity contribution in [3.63, 3.8) is 0 Å². The van der Waals surface area contributed by atoms with Gasteiger partial charge in [-0.1, -0.05) is 11.6 Å². The molecule has 1 aromatic rings. The van der Waals surface area contributed by atoms with Crippen LogP contribution in [0.25, 0.3) is 0 Å². The molecule has 1 aliphatic rings. The van der Waals surface area contributed by atoms with Crippen molar-refractivity contribution in [3.8, 4) is 5.75 Å². The van der Waals surface area contributed by atoms with Gasteiger partial charge in [-0.2, -0.15) is 0 Å². The van der Waals surface area contributed by atoms with Crippen molar-refractivity contribution in [3.05, 3.63) is 29.3 Å². The van der Waals surface area contributed by atoms with Gasteiger partial charge in [0, 0.05) is 18.7 Å². The molecule has 5 nitrogen and oxygen atoms in total. The summed E-state index contributed by atoms with van der Waals surface area (Å²) in [7, 11) is 0. The Balaban J connectivity index is 2.08. The quantitative estimate of drug-likeness (QED) is 0.917. The topological polar surface area (TPSA) is 59.0 Å². The van der Waals surface area contributed by atoms with Gasteiger partial charge in [0.1, 0.15) is 5.75 Å². The maximum atomic E-state index is 12.3. The Morgan fingerprint density at radius 3 is 2.62 bits per heavy atom. The number of aliphatic hydroxyl groups is 1. The van der Waals surface area contributed by atoms with Gasteiger partial charge in [-0.15, -0.1) is 0 Å². The molecule has 21 heavy (non-hydrogen) atoms. The first-order valence-corrected chi connectivity index (χ1v) is 7.31. The number of benzene rings is 1. The van der Waals surface area contributed by atoms with Crippen molar-refractivity contribution >= 4 is 5.91 Å². The predicted molar refractivity (Wildman–Crippen MR) is 79.3 cm³/mol. The molecule has 1 aromatic carbocycles. The molecular formula is C16H23NO4. The van der Waals surface area contributed by atoms with Crippen molar-refractivity contribution in [2.45, 2.75) is 33.0 Å². The summed E-state index contributed by atoms with van der Waals surface area (Å²) in [5.41, 5.74) is 1.75. The second-order valence-electron chi connectivity index (χ2n) is 5.41. The van der Waals surface area contributed by atoms with E-state index in [9.17, 15) is 9.90 Å². The Labute approximate surface area is 125 Å². The lowest BCUT2D eigenvalue weighted by Crippen LogP contribution is -2.46. The van der Waals surface area contributed by atoms with Crippen molar-refractivity contribution in [2.75, 3.05) is 26.3 Å². The van der Waals surface area contributed by atoms with Crippen LogP contribution in [0.1, 0.15) is 31.1 Å². The minimum atomic E-state index is -0.634. The third-order valence-electron chi connectivity index (χ3n) is 3.59. The summed E-state index contributed by atoms with van der Waals surface area (Å²) < 4.78 is 11.0. The van der Waals surface area contributed by atoms with E-state index in [0.717, 1.165) is 5.56 Å². The largest absolute Gasteiger partial charge is 0.481 e. The summed E-state index contributed by atoms with van der Waals surface area (Å²) in [5.74, 6) is 0.514. The number of carbonyl (C=O) groups excluding carboxylic acids is 1. The molecule has 0 aliphatic carbocycles. The number of hydrogen-bond donors (Lipinski definition) is 1. The zero-order valence-corrected chi connectivity index (χ0v) is 12.8. The molecule has 2 unspecified atom stereocenters. The van der Waals surface area contributed by atoms with Crippen molar-refractivity contribution in [1.82, 2.24) is 4.90 Å². The van der Waals surface area contributed by atoms with Crippen LogP contribution >= 0.6 is 0 Å². The Hall–Kier alpha value is -1.59. The van der Waals surface area contributed by atoms with E-state index in [1.54, 1.807) is 24.8 Å². The number of rotatable bonds is 4. The number of morpholine rings is 1. The average molecular weight is 293 g/mol. The smallest absolute Gasteiger partial charge is 0.263 e. The van der Waals surface area contributed by atoms with Crippen LogP contribution in [-0.4, -0.2) is 48.3 Å². The van der Waals surface area contributed by atoms with E-state index in [1.165, 1.54) is 0 Å². The molecule has 1 fully saturated rings. The highest BCUT2D eigenvalue weighted by Gasteiger charge is 2.24. The number of aryl methyl sites for hydroxylation is 1. The SMILES string of the molecule is Cc1ccc(OC(C)C(=O)N2CCOCC2)c(C(C)O)c1. The van der Waals surface area contributed by atoms with Gasteiger partial charge in [0.05, 0.1) is 19.3 Å². The second kappa shape index (κ2) is 6.91. The van der Waals surface area contributed by atoms with Gasteiger partial charge in [0.2, 0.25) is 0 Å². The lowest BCUT2D eigenvalue weighted by atomic mass is 10.1. The molecule has 5 heteroatoms. The molecule has 0 radical (unpaired) electrons. The zero-order chi connectivity index (χ0) is 15.4. The van der Waals surface area contributed by atoms with Crippen LogP contribution in [-0.2, 0) is 9.53 Å². The molecule has 1 N–H and O–H groups in total. The highest BCUT2D eigenvalue weighted by Crippen LogP contribution is 2.27. The van der Waals surface area contributed by atoms with Gasteiger partial charge in [-0.25, -0.2) is 0 Å². The fraction of sp³-hybridized carbons (Fsp3) is 0.562. The fourth-order valence-electron chi connectivity index (χ4n) is 2.38. The highest BCUT2D eigenvalue weighted by atomic mass is 16.5. The van der Waals surface area contributed by atoms with Crippen molar-refractivity contribution in [1.29, 1.82) is 0 Å². The fourth-order valence-corrected chi connectivity index (χ4v) is 2.38. The van der Waals surface area contributed by atoms with Crippen LogP contribution in [0.3, 0.4) is 0 Å². The lowest BCUT2D eigenvalue weighted by molar-refractivity contribution is -0.142. The zero-order valence-electron chi connectivity index (χ0n) is 12.8. The third kappa shape index (κ3) is 3.95. The highest BCUT2D eigenvalue weighted by molar-refractivity contribution is 5.81. The van der Waals surface area contributed by atoms with Crippen LogP contribution in [0.5, 0.6) is 5.75 Å². The minimum absolute atomic E-state index is 0.0459. The molecule has 2 atom stereocenters. The molecule has 0 saturated carbocycles. The Morgan fingerprint density at radius 2 is 2.00 bits per heavy atom. The molecule has 0 aromatic heterocycles. The summed E-state index contributed by atoms with van der Waals surface area (Å²) in [6.07, 6.45) is -1.21. The summed E-state index contributed by atoms with van der Waals surface area (Å²) in [5, 5.41) is 9.84. The van der Waals surface area contributed by atoms with Gasteiger partial charge in [0.25, 0.3) is 5.91 Å². The summed E-state index contributed by atoms with van der Waals surface area (Å²) in [4.78, 5) is 14.1. The number of amides is 1. The molecule has 1 heterocycles. The van der Waals surface area contributed by atoms with Gasteiger partial charge < -0.3 is 19.5 Å². The number of ether oxygens (including phenoxy) is 2. The van der Waals surface area contributed by atoms with E-state index in [1.807, 2.05) is 19.1 Å². The van der Waals surface area contributed by atoms with Crippen molar-refractivity contribution < 1.29 is 19.4 Å². The third-order valence-corrected chi connectivity index (χ3v) is 3.59. The van der Waals surface area contributed by atoms with E-state index < -0.39 is 12.2 Å². The first-order chi connectivity index (χ1) is 9.99. The standard InChI is InChI=1S/C16H23NO4/c1-11-4-5-15(14(10-11)12(2)18)21-13(3)16(19)17-6-8-20-9-7-17/h4-5,10,12-13,18H,6-9H2,1-3H3. The van der Waals surface area contributed by atoms with Crippen LogP contribution in [0.15, 0.2) is 18.2 Å². The van der Waals surface area contributed by atoms with Crippen LogP contribution in [0, 0.1) is 6.92 Å². The molecular weight excluding hydrogens is 270 g/mol. The number of nitrogens with zero attached hydrogens (tertiary/aromatic N) is 1. The molecule has 0 spiro atoms. The summed E-state index contributed by atoms with van der Waals surface area (Å²) in [6, 6.07) is 5.60. The molecule has 1 aliphatic heterocycles. The first-order valence-electron chi connectivity index (χ1n) is 7.31. The number of hydrogen-bond acceptors (Lipinski definition) is 4. The monoisotopic (exact) mass is 293 g/mol. The Kier molecular flexibility index (Phi) is 5.20. The van der Waals surface area contributed by atoms with Gasteiger partial charge in [0.15, 0.2) is 6.10 Å². The number of aliphatic hydroxyl groups excluding tert-OH is 1. The van der Waals surface area contributed by atoms with Crippen LogP contribution < -0.4 is 4.74 Å². The Morgan fingerprint density at radius 1 is 1.33 bits per heavy atom. The van der Waals surface area contributed by atoms with E-state index in [-0.39, 0.29) is 5.91 Å². The van der Waals surface area contributed by atoms with Crippen molar-refractivity contribution in [2.24, 2.45) is 0 Å². The molecule has 1 amide bonds. The molecule has 1 saturated heterocycles. The normalized spacial score (nSPS) is 18.2. The summed E-state index contributed by atoms with van der Waals surface area (Å²) in [6.45, 7) is 7.73. The molecule has 0 bridgehead atoms. The second-order valence-corrected chi connectivity index (χ2v) is 5.41. The van der Waals surface area contributed by atoms with E-state index in [2.05, 4.69) is 0 Å². The maximum absolute atomic E-state index is 12.3. The lowest BCUT2D eigenvalue weighted by Gasteiger charge is -2.29.